The Morgan fingerprint density at radius 2 is 1.96 bits per heavy atom. The molecule has 0 aromatic carbocycles. The van der Waals surface area contributed by atoms with E-state index in [0.717, 1.165) is 35.4 Å². The van der Waals surface area contributed by atoms with E-state index < -0.39 is 0 Å². The number of allylic oxidation sites excluding steroid dienone is 1. The highest BCUT2D eigenvalue weighted by atomic mass is 15.2. The average Bonchev–Trinajstić information content (AvgIpc) is 3.52. The van der Waals surface area contributed by atoms with Crippen LogP contribution in [0.3, 0.4) is 0 Å². The summed E-state index contributed by atoms with van der Waals surface area (Å²) in [7, 11) is 0. The van der Waals surface area contributed by atoms with Crippen LogP contribution in [0.1, 0.15) is 56.0 Å². The number of hydrogen-bond acceptors (Lipinski definition) is 4. The Kier molecular flexibility index (Phi) is 4.50. The molecule has 3 heterocycles. The predicted octanol–water partition coefficient (Wildman–Crippen LogP) is 3.36. The van der Waals surface area contributed by atoms with E-state index in [2.05, 4.69) is 22.0 Å². The molecule has 5 rings (SSSR count). The minimum atomic E-state index is 0.0852. The zero-order chi connectivity index (χ0) is 17.4. The second-order valence-electron chi connectivity index (χ2n) is 7.86. The highest BCUT2D eigenvalue weighted by Crippen LogP contribution is 2.53. The van der Waals surface area contributed by atoms with Gasteiger partial charge in [-0.15, -0.1) is 0 Å². The fraction of sp³-hybridized carbons (Fsp3) is 0.600. The van der Waals surface area contributed by atoms with Gasteiger partial charge < -0.3 is 11.1 Å². The second-order valence-corrected chi connectivity index (χ2v) is 7.86. The van der Waals surface area contributed by atoms with Crippen molar-refractivity contribution in [3.8, 4) is 0 Å². The summed E-state index contributed by atoms with van der Waals surface area (Å²) in [5, 5.41) is 7.58. The van der Waals surface area contributed by atoms with Crippen molar-refractivity contribution >= 4 is 5.65 Å². The molecule has 1 unspecified atom stereocenters. The molecule has 3 fully saturated rings. The summed E-state index contributed by atoms with van der Waals surface area (Å²) in [5.74, 6) is 2.34. The van der Waals surface area contributed by atoms with Crippen molar-refractivity contribution in [2.45, 2.75) is 51.5 Å². The number of aryl methyl sites for hydroxylation is 1. The third-order valence-corrected chi connectivity index (χ3v) is 5.59. The van der Waals surface area contributed by atoms with E-state index in [1.807, 2.05) is 29.8 Å². The van der Waals surface area contributed by atoms with Crippen LogP contribution >= 0.6 is 0 Å². The van der Waals surface area contributed by atoms with Crippen LogP contribution in [0.4, 0.5) is 0 Å². The van der Waals surface area contributed by atoms with Gasteiger partial charge in [-0.2, -0.15) is 5.10 Å². The van der Waals surface area contributed by atoms with Gasteiger partial charge >= 0.3 is 0 Å². The molecule has 0 radical (unpaired) electrons. The van der Waals surface area contributed by atoms with Crippen LogP contribution < -0.4 is 11.1 Å². The normalized spacial score (nSPS) is 21.2. The van der Waals surface area contributed by atoms with E-state index in [9.17, 15) is 0 Å². The molecule has 5 nitrogen and oxygen atoms in total. The molecule has 134 valence electrons. The largest absolute Gasteiger partial charge is 0.389 e. The SMILES string of the molecule is C=C1CCCN1.Cc1ccc2nc(C(N)C(C3CC3)C3CC3)cn2n1. The van der Waals surface area contributed by atoms with Crippen molar-refractivity contribution < 1.29 is 0 Å². The topological polar surface area (TPSA) is 68.2 Å². The summed E-state index contributed by atoms with van der Waals surface area (Å²) >= 11 is 0. The maximum atomic E-state index is 6.52. The van der Waals surface area contributed by atoms with Gasteiger partial charge in [0.15, 0.2) is 5.65 Å². The number of hydrogen-bond donors (Lipinski definition) is 2. The van der Waals surface area contributed by atoms with Gasteiger partial charge in [0.2, 0.25) is 0 Å². The summed E-state index contributed by atoms with van der Waals surface area (Å²) in [6.45, 7) is 6.88. The number of nitrogens with one attached hydrogen (secondary N) is 1. The van der Waals surface area contributed by atoms with Crippen molar-refractivity contribution in [2.24, 2.45) is 23.5 Å². The first-order chi connectivity index (χ1) is 12.1. The Hall–Kier alpha value is -1.88. The van der Waals surface area contributed by atoms with Gasteiger partial charge in [0.1, 0.15) is 0 Å². The van der Waals surface area contributed by atoms with Crippen LogP contribution in [-0.2, 0) is 0 Å². The van der Waals surface area contributed by atoms with E-state index >= 15 is 0 Å². The van der Waals surface area contributed by atoms with Crippen molar-refractivity contribution in [1.29, 1.82) is 0 Å². The lowest BCUT2D eigenvalue weighted by Crippen LogP contribution is -2.25. The highest BCUT2D eigenvalue weighted by molar-refractivity contribution is 5.39. The van der Waals surface area contributed by atoms with E-state index in [1.54, 1.807) is 0 Å². The smallest absolute Gasteiger partial charge is 0.153 e. The summed E-state index contributed by atoms with van der Waals surface area (Å²) < 4.78 is 1.86. The standard InChI is InChI=1S/C15H20N4.C5H9N/c1-9-2-7-13-17-12(8-19(13)18-9)15(16)14(10-3-4-10)11-5-6-11;1-5-3-2-4-6-5/h2,7-8,10-11,14-15H,3-6,16H2,1H3;6H,1-4H2. The lowest BCUT2D eigenvalue weighted by atomic mass is 9.88. The molecule has 25 heavy (non-hydrogen) atoms. The molecule has 0 spiro atoms. The fourth-order valence-corrected chi connectivity index (χ4v) is 3.94. The predicted molar refractivity (Wildman–Crippen MR) is 100.0 cm³/mol. The van der Waals surface area contributed by atoms with Crippen LogP contribution in [-0.4, -0.2) is 21.1 Å². The zero-order valence-corrected chi connectivity index (χ0v) is 15.1. The maximum absolute atomic E-state index is 6.52. The summed E-state index contributed by atoms with van der Waals surface area (Å²) in [4.78, 5) is 4.67. The summed E-state index contributed by atoms with van der Waals surface area (Å²) in [6, 6.07) is 4.10. The minimum Gasteiger partial charge on any atom is -0.389 e. The van der Waals surface area contributed by atoms with E-state index in [0.29, 0.717) is 5.92 Å². The van der Waals surface area contributed by atoms with E-state index in [-0.39, 0.29) is 6.04 Å². The molecule has 1 saturated heterocycles. The number of aromatic nitrogens is 3. The van der Waals surface area contributed by atoms with Gasteiger partial charge in [-0.3, -0.25) is 0 Å². The molecule has 2 aliphatic carbocycles. The molecule has 2 saturated carbocycles. The molecule has 2 aromatic heterocycles. The highest BCUT2D eigenvalue weighted by Gasteiger charge is 2.45. The van der Waals surface area contributed by atoms with Crippen LogP contribution in [0.2, 0.25) is 0 Å². The van der Waals surface area contributed by atoms with Gasteiger partial charge in [0.05, 0.1) is 23.6 Å². The molecule has 3 N–H and O–H groups in total. The zero-order valence-electron chi connectivity index (χ0n) is 15.1. The third kappa shape index (κ3) is 3.87. The first-order valence-corrected chi connectivity index (χ1v) is 9.62. The second kappa shape index (κ2) is 6.79. The Morgan fingerprint density at radius 1 is 1.24 bits per heavy atom. The summed E-state index contributed by atoms with van der Waals surface area (Å²) in [6.07, 6.45) is 9.92. The fourth-order valence-electron chi connectivity index (χ4n) is 3.94. The average molecular weight is 339 g/mol. The van der Waals surface area contributed by atoms with Crippen LogP contribution in [0.5, 0.6) is 0 Å². The number of nitrogens with zero attached hydrogens (tertiary/aromatic N) is 3. The van der Waals surface area contributed by atoms with Crippen molar-refractivity contribution in [1.82, 2.24) is 19.9 Å². The molecule has 2 aromatic rings. The third-order valence-electron chi connectivity index (χ3n) is 5.59. The maximum Gasteiger partial charge on any atom is 0.153 e. The molecule has 1 aliphatic heterocycles. The molecular formula is C20H29N5. The van der Waals surface area contributed by atoms with Crippen molar-refractivity contribution in [3.63, 3.8) is 0 Å². The van der Waals surface area contributed by atoms with Gasteiger partial charge in [-0.1, -0.05) is 6.58 Å². The van der Waals surface area contributed by atoms with Crippen molar-refractivity contribution in [2.75, 3.05) is 6.54 Å². The van der Waals surface area contributed by atoms with Crippen LogP contribution in [0.15, 0.2) is 30.6 Å². The van der Waals surface area contributed by atoms with Crippen molar-refractivity contribution in [3.05, 3.63) is 42.0 Å². The lowest BCUT2D eigenvalue weighted by Gasteiger charge is -2.21. The number of fused-ring (bicyclic) bond motifs is 1. The monoisotopic (exact) mass is 339 g/mol. The first-order valence-electron chi connectivity index (χ1n) is 9.62. The van der Waals surface area contributed by atoms with Gasteiger partial charge in [0.25, 0.3) is 0 Å². The number of rotatable bonds is 4. The Labute approximate surface area is 149 Å². The van der Waals surface area contributed by atoms with Crippen LogP contribution in [0.25, 0.3) is 5.65 Å². The quantitative estimate of drug-likeness (QED) is 0.896. The lowest BCUT2D eigenvalue weighted by molar-refractivity contribution is 0.331. The Bertz CT molecular complexity index is 737. The number of nitrogens with two attached hydrogens (primary N) is 1. The van der Waals surface area contributed by atoms with E-state index in [4.69, 9.17) is 5.73 Å². The summed E-state index contributed by atoms with van der Waals surface area (Å²) in [5.41, 5.74) is 10.6. The Morgan fingerprint density at radius 3 is 2.48 bits per heavy atom. The van der Waals surface area contributed by atoms with Gasteiger partial charge in [-0.05, 0) is 75.3 Å². The molecule has 1 atom stereocenters. The first kappa shape index (κ1) is 16.6. The Balaban J connectivity index is 0.000000223. The molecule has 0 bridgehead atoms. The van der Waals surface area contributed by atoms with Gasteiger partial charge in [-0.25, -0.2) is 9.50 Å². The van der Waals surface area contributed by atoms with Gasteiger partial charge in [0, 0.05) is 12.2 Å². The van der Waals surface area contributed by atoms with E-state index in [1.165, 1.54) is 44.2 Å². The molecule has 5 heteroatoms. The molecule has 0 amide bonds. The molecule has 3 aliphatic rings. The minimum absolute atomic E-state index is 0.0852. The molecular weight excluding hydrogens is 310 g/mol. The van der Waals surface area contributed by atoms with Crippen LogP contribution in [0, 0.1) is 24.7 Å². The number of imidazole rings is 1.